The summed E-state index contributed by atoms with van der Waals surface area (Å²) in [6, 6.07) is 6.90. The molecule has 0 saturated carbocycles. The van der Waals surface area contributed by atoms with Crippen molar-refractivity contribution in [2.75, 3.05) is 30.9 Å². The van der Waals surface area contributed by atoms with Crippen LogP contribution in [0.1, 0.15) is 18.4 Å². The van der Waals surface area contributed by atoms with Gasteiger partial charge < -0.3 is 14.6 Å². The van der Waals surface area contributed by atoms with Gasteiger partial charge >= 0.3 is 5.63 Å². The zero-order chi connectivity index (χ0) is 18.4. The number of ketones is 1. The normalized spacial score (nSPS) is 10.7. The summed E-state index contributed by atoms with van der Waals surface area (Å²) in [5.41, 5.74) is 1.53. The number of rotatable bonds is 8. The molecule has 1 aromatic heterocycles. The topological polar surface area (TPSA) is 79.6 Å². The van der Waals surface area contributed by atoms with E-state index in [-0.39, 0.29) is 18.1 Å². The van der Waals surface area contributed by atoms with Crippen molar-refractivity contribution in [1.82, 2.24) is 5.32 Å². The van der Waals surface area contributed by atoms with Gasteiger partial charge in [-0.25, -0.2) is 4.79 Å². The molecule has 1 N–H and O–H groups in total. The smallest absolute Gasteiger partial charge is 0.336 e. The van der Waals surface area contributed by atoms with Crippen LogP contribution in [0.25, 0.3) is 11.0 Å². The quantitative estimate of drug-likeness (QED) is 0.411. The van der Waals surface area contributed by atoms with Crippen LogP contribution in [0.3, 0.4) is 0 Å². The molecule has 2 rings (SSSR count). The number of fused-ring (bicyclic) bond motifs is 1. The average molecular weight is 409 g/mol. The molecular formula is C18H21BrN2O4. The number of carbonyl (C=O) groups excluding carboxylic acids is 2. The van der Waals surface area contributed by atoms with Crippen molar-refractivity contribution in [3.05, 3.63) is 40.2 Å². The van der Waals surface area contributed by atoms with Crippen LogP contribution in [-0.2, 0) is 16.0 Å². The van der Waals surface area contributed by atoms with Crippen LogP contribution in [0, 0.1) is 0 Å². The van der Waals surface area contributed by atoms with Crippen LogP contribution in [0.15, 0.2) is 33.5 Å². The Morgan fingerprint density at radius 2 is 2.00 bits per heavy atom. The lowest BCUT2D eigenvalue weighted by atomic mass is 10.1. The van der Waals surface area contributed by atoms with E-state index in [0.29, 0.717) is 35.9 Å². The largest absolute Gasteiger partial charge is 0.423 e. The van der Waals surface area contributed by atoms with Gasteiger partial charge in [-0.05, 0) is 24.1 Å². The molecule has 7 heteroatoms. The highest BCUT2D eigenvalue weighted by molar-refractivity contribution is 9.09. The van der Waals surface area contributed by atoms with Gasteiger partial charge in [-0.15, -0.1) is 0 Å². The zero-order valence-electron chi connectivity index (χ0n) is 14.3. The van der Waals surface area contributed by atoms with E-state index in [4.69, 9.17) is 4.42 Å². The van der Waals surface area contributed by atoms with Crippen molar-refractivity contribution in [1.29, 1.82) is 0 Å². The van der Waals surface area contributed by atoms with Gasteiger partial charge in [0.1, 0.15) is 11.4 Å². The lowest BCUT2D eigenvalue weighted by molar-refractivity contribution is -0.121. The van der Waals surface area contributed by atoms with E-state index in [2.05, 4.69) is 21.2 Å². The van der Waals surface area contributed by atoms with E-state index in [9.17, 15) is 14.4 Å². The third kappa shape index (κ3) is 5.42. The molecule has 1 amide bonds. The van der Waals surface area contributed by atoms with Crippen molar-refractivity contribution < 1.29 is 14.0 Å². The van der Waals surface area contributed by atoms with Gasteiger partial charge in [0.25, 0.3) is 0 Å². The molecule has 0 fully saturated rings. The van der Waals surface area contributed by atoms with Crippen LogP contribution in [-0.4, -0.2) is 37.7 Å². The lowest BCUT2D eigenvalue weighted by Crippen LogP contribution is -2.27. The number of anilines is 1. The zero-order valence-corrected chi connectivity index (χ0v) is 15.9. The molecule has 0 aliphatic heterocycles. The van der Waals surface area contributed by atoms with Crippen molar-refractivity contribution in [3.63, 3.8) is 0 Å². The summed E-state index contributed by atoms with van der Waals surface area (Å²) < 4.78 is 5.26. The van der Waals surface area contributed by atoms with E-state index < -0.39 is 5.63 Å². The summed E-state index contributed by atoms with van der Waals surface area (Å²) in [5.74, 6) is -0.0764. The lowest BCUT2D eigenvalue weighted by Gasteiger charge is -2.13. The Morgan fingerprint density at radius 3 is 2.68 bits per heavy atom. The summed E-state index contributed by atoms with van der Waals surface area (Å²) in [6.07, 6.45) is 1.12. The fourth-order valence-electron chi connectivity index (χ4n) is 2.46. The van der Waals surface area contributed by atoms with Crippen LogP contribution >= 0.6 is 15.9 Å². The summed E-state index contributed by atoms with van der Waals surface area (Å²) in [7, 11) is 3.80. The fraction of sp³-hybridized carbons (Fsp3) is 0.389. The van der Waals surface area contributed by atoms with Crippen LogP contribution in [0.2, 0.25) is 0 Å². The average Bonchev–Trinajstić information content (AvgIpc) is 2.57. The molecule has 1 heterocycles. The Bertz CT molecular complexity index is 829. The number of halogens is 1. The van der Waals surface area contributed by atoms with Crippen LogP contribution in [0.4, 0.5) is 5.69 Å². The Labute approximate surface area is 154 Å². The Balaban J connectivity index is 2.08. The van der Waals surface area contributed by atoms with Crippen molar-refractivity contribution in [3.8, 4) is 0 Å². The van der Waals surface area contributed by atoms with Crippen molar-refractivity contribution in [2.45, 2.75) is 19.3 Å². The van der Waals surface area contributed by atoms with E-state index >= 15 is 0 Å². The first kappa shape index (κ1) is 19.2. The minimum atomic E-state index is -0.478. The first-order valence-electron chi connectivity index (χ1n) is 7.99. The van der Waals surface area contributed by atoms with Gasteiger partial charge in [-0.1, -0.05) is 15.9 Å². The maximum atomic E-state index is 12.1. The minimum Gasteiger partial charge on any atom is -0.423 e. The van der Waals surface area contributed by atoms with Crippen LogP contribution < -0.4 is 15.8 Å². The predicted molar refractivity (Wildman–Crippen MR) is 102 cm³/mol. The molecule has 0 radical (unpaired) electrons. The number of hydrogen-bond donors (Lipinski definition) is 1. The molecule has 1 aromatic carbocycles. The summed E-state index contributed by atoms with van der Waals surface area (Å²) in [4.78, 5) is 37.0. The summed E-state index contributed by atoms with van der Waals surface area (Å²) in [6.45, 7) is 0.432. The van der Waals surface area contributed by atoms with Crippen molar-refractivity contribution in [2.24, 2.45) is 0 Å². The first-order chi connectivity index (χ1) is 11.9. The highest BCUT2D eigenvalue weighted by Gasteiger charge is 2.11. The van der Waals surface area contributed by atoms with E-state index in [1.807, 2.05) is 31.1 Å². The Kier molecular flexibility index (Phi) is 6.75. The molecule has 0 atom stereocenters. The SMILES string of the molecule is CN(C)c1ccc2c(CC(=O)NCCCC(=O)CBr)cc(=O)oc2c1. The van der Waals surface area contributed by atoms with Crippen LogP contribution in [0.5, 0.6) is 0 Å². The number of alkyl halides is 1. The molecule has 0 spiro atoms. The second-order valence-corrected chi connectivity index (χ2v) is 6.53. The predicted octanol–water partition coefficient (Wildman–Crippen LogP) is 2.26. The Morgan fingerprint density at radius 1 is 1.24 bits per heavy atom. The van der Waals surface area contributed by atoms with Gasteiger partial charge in [0.2, 0.25) is 5.91 Å². The van der Waals surface area contributed by atoms with Crippen molar-refractivity contribution >= 4 is 44.3 Å². The standard InChI is InChI=1S/C18H21BrN2O4/c1-21(2)13-5-6-15-12(9-18(24)25-16(15)10-13)8-17(23)20-7-3-4-14(22)11-19/h5-6,9-10H,3-4,7-8,11H2,1-2H3,(H,20,23). The molecule has 0 aliphatic carbocycles. The summed E-state index contributed by atoms with van der Waals surface area (Å²) >= 11 is 3.11. The molecule has 25 heavy (non-hydrogen) atoms. The monoisotopic (exact) mass is 408 g/mol. The molecule has 6 nitrogen and oxygen atoms in total. The number of hydrogen-bond acceptors (Lipinski definition) is 5. The maximum absolute atomic E-state index is 12.1. The van der Waals surface area contributed by atoms with Gasteiger partial charge in [-0.3, -0.25) is 9.59 Å². The van der Waals surface area contributed by atoms with Gasteiger partial charge in [0.15, 0.2) is 0 Å². The van der Waals surface area contributed by atoms with Gasteiger partial charge in [0.05, 0.1) is 11.8 Å². The molecule has 0 aliphatic rings. The van der Waals surface area contributed by atoms with E-state index in [0.717, 1.165) is 11.1 Å². The van der Waals surface area contributed by atoms with Gasteiger partial charge in [0, 0.05) is 50.3 Å². The second kappa shape index (κ2) is 8.80. The maximum Gasteiger partial charge on any atom is 0.336 e. The van der Waals surface area contributed by atoms with E-state index in [1.165, 1.54) is 6.07 Å². The molecule has 0 saturated heterocycles. The number of carbonyl (C=O) groups is 2. The fourth-order valence-corrected chi connectivity index (χ4v) is 2.74. The molecule has 134 valence electrons. The number of nitrogens with zero attached hydrogens (tertiary/aromatic N) is 1. The highest BCUT2D eigenvalue weighted by Crippen LogP contribution is 2.23. The van der Waals surface area contributed by atoms with E-state index in [1.54, 1.807) is 6.07 Å². The third-order valence-corrected chi connectivity index (χ3v) is 4.41. The molecule has 2 aromatic rings. The number of nitrogens with one attached hydrogen (secondary N) is 1. The Hall–Kier alpha value is -2.15. The molecule has 0 unspecified atom stereocenters. The minimum absolute atomic E-state index is 0.0931. The number of amides is 1. The summed E-state index contributed by atoms with van der Waals surface area (Å²) in [5, 5.41) is 3.86. The van der Waals surface area contributed by atoms with Gasteiger partial charge in [-0.2, -0.15) is 0 Å². The number of benzene rings is 1. The molecular weight excluding hydrogens is 388 g/mol. The molecule has 0 bridgehead atoms. The number of Topliss-reactive ketones (excluding diaryl/α,β-unsaturated/α-hetero) is 1. The third-order valence-electron chi connectivity index (χ3n) is 3.78. The first-order valence-corrected chi connectivity index (χ1v) is 9.11. The highest BCUT2D eigenvalue weighted by atomic mass is 79.9. The second-order valence-electron chi connectivity index (χ2n) is 5.97.